The van der Waals surface area contributed by atoms with Gasteiger partial charge in [-0.2, -0.15) is 13.2 Å². The molecule has 0 saturated heterocycles. The summed E-state index contributed by atoms with van der Waals surface area (Å²) in [5.74, 6) is -0.0756. The molecule has 0 bridgehead atoms. The van der Waals surface area contributed by atoms with Crippen molar-refractivity contribution in [2.75, 3.05) is 6.54 Å². The molecule has 1 heterocycles. The molecular formula is C22H21ClF3N3O2. The third-order valence-corrected chi connectivity index (χ3v) is 4.86. The highest BCUT2D eigenvalue weighted by atomic mass is 35.5. The van der Waals surface area contributed by atoms with Gasteiger partial charge in [-0.25, -0.2) is 4.98 Å². The fourth-order valence-electron chi connectivity index (χ4n) is 3.07. The highest BCUT2D eigenvalue weighted by molar-refractivity contribution is 6.31. The molecule has 0 aliphatic rings. The first kappa shape index (κ1) is 22.8. The number of benzene rings is 2. The first-order valence-electron chi connectivity index (χ1n) is 9.60. The number of alkyl halides is 3. The number of carbonyl (C=O) groups excluding carboxylic acids is 1. The topological polar surface area (TPSA) is 58.4 Å². The van der Waals surface area contributed by atoms with Crippen LogP contribution in [0.4, 0.5) is 13.2 Å². The number of nitrogens with one attached hydrogen (secondary N) is 1. The molecule has 0 aliphatic heterocycles. The third kappa shape index (κ3) is 6.32. The van der Waals surface area contributed by atoms with E-state index in [1.807, 2.05) is 17.0 Å². The quantitative estimate of drug-likeness (QED) is 0.505. The average molecular weight is 452 g/mol. The summed E-state index contributed by atoms with van der Waals surface area (Å²) in [5.41, 5.74) is 0.731. The summed E-state index contributed by atoms with van der Waals surface area (Å²) in [4.78, 5) is 18.0. The van der Waals surface area contributed by atoms with Gasteiger partial charge in [0, 0.05) is 24.7 Å². The van der Waals surface area contributed by atoms with Gasteiger partial charge in [0.1, 0.15) is 6.26 Å². The second-order valence-electron chi connectivity index (χ2n) is 6.92. The Balaban J connectivity index is 1.83. The Bertz CT molecular complexity index is 1040. The number of hydrogen-bond acceptors (Lipinski definition) is 4. The van der Waals surface area contributed by atoms with E-state index in [0.29, 0.717) is 23.7 Å². The van der Waals surface area contributed by atoms with Crippen LogP contribution in [0.3, 0.4) is 0 Å². The fourth-order valence-corrected chi connectivity index (χ4v) is 3.27. The van der Waals surface area contributed by atoms with E-state index >= 15 is 0 Å². The molecule has 0 aliphatic carbocycles. The summed E-state index contributed by atoms with van der Waals surface area (Å²) in [6.07, 6.45) is -3.16. The highest BCUT2D eigenvalue weighted by Gasteiger charge is 2.30. The summed E-state index contributed by atoms with van der Waals surface area (Å²) in [5, 5.41) is 3.19. The van der Waals surface area contributed by atoms with Crippen LogP contribution in [0.15, 0.2) is 59.2 Å². The Morgan fingerprint density at radius 2 is 1.90 bits per heavy atom. The summed E-state index contributed by atoms with van der Waals surface area (Å²) in [6, 6.07) is 12.4. The average Bonchev–Trinajstić information content (AvgIpc) is 3.18. The van der Waals surface area contributed by atoms with Crippen LogP contribution >= 0.6 is 11.6 Å². The van der Waals surface area contributed by atoms with Crippen molar-refractivity contribution in [3.63, 3.8) is 0 Å². The van der Waals surface area contributed by atoms with Crippen LogP contribution in [-0.2, 0) is 25.8 Å². The normalized spacial score (nSPS) is 11.7. The molecule has 9 heteroatoms. The second-order valence-corrected chi connectivity index (χ2v) is 7.33. The van der Waals surface area contributed by atoms with Crippen molar-refractivity contribution in [2.45, 2.75) is 32.7 Å². The number of aromatic nitrogens is 1. The molecule has 3 aromatic rings. The molecule has 0 unspecified atom stereocenters. The molecule has 164 valence electrons. The number of carbonyl (C=O) groups is 1. The van der Waals surface area contributed by atoms with E-state index in [1.54, 1.807) is 25.1 Å². The molecule has 0 spiro atoms. The van der Waals surface area contributed by atoms with Gasteiger partial charge in [-0.05, 0) is 30.2 Å². The van der Waals surface area contributed by atoms with Crippen molar-refractivity contribution in [1.82, 2.24) is 15.2 Å². The summed E-state index contributed by atoms with van der Waals surface area (Å²) >= 11 is 6.27. The Labute approximate surface area is 182 Å². The summed E-state index contributed by atoms with van der Waals surface area (Å²) in [7, 11) is 0. The Morgan fingerprint density at radius 1 is 1.13 bits per heavy atom. The molecule has 0 saturated carbocycles. The lowest BCUT2D eigenvalue weighted by atomic mass is 10.1. The van der Waals surface area contributed by atoms with Gasteiger partial charge in [0.15, 0.2) is 5.69 Å². The zero-order valence-electron chi connectivity index (χ0n) is 16.7. The second kappa shape index (κ2) is 9.98. The number of hydrogen-bond donors (Lipinski definition) is 1. The van der Waals surface area contributed by atoms with Crippen molar-refractivity contribution >= 4 is 17.5 Å². The standard InChI is InChI=1S/C22H21ClF3N3O2/c1-2-27-21(30)19-14-31-20(28-19)13-29(12-16-7-3-4-9-18(16)23)11-15-6-5-8-17(10-15)22(24,25)26/h3-10,14H,2,11-13H2,1H3,(H,27,30). The van der Waals surface area contributed by atoms with E-state index in [4.69, 9.17) is 16.0 Å². The Hall–Kier alpha value is -2.84. The van der Waals surface area contributed by atoms with E-state index in [-0.39, 0.29) is 30.6 Å². The van der Waals surface area contributed by atoms with Gasteiger partial charge in [0.05, 0.1) is 12.1 Å². The van der Waals surface area contributed by atoms with Crippen LogP contribution in [0, 0.1) is 0 Å². The van der Waals surface area contributed by atoms with Gasteiger partial charge in [-0.1, -0.05) is 48.0 Å². The van der Waals surface area contributed by atoms with Crippen LogP contribution in [0.25, 0.3) is 0 Å². The number of nitrogens with zero attached hydrogens (tertiary/aromatic N) is 2. The van der Waals surface area contributed by atoms with Crippen LogP contribution in [0.1, 0.15) is 40.0 Å². The summed E-state index contributed by atoms with van der Waals surface area (Å²) in [6.45, 7) is 2.98. The van der Waals surface area contributed by atoms with Crippen LogP contribution in [0.2, 0.25) is 5.02 Å². The Morgan fingerprint density at radius 3 is 2.61 bits per heavy atom. The lowest BCUT2D eigenvalue weighted by molar-refractivity contribution is -0.137. The zero-order chi connectivity index (χ0) is 22.4. The number of rotatable bonds is 8. The molecule has 2 aromatic carbocycles. The minimum absolute atomic E-state index is 0.147. The lowest BCUT2D eigenvalue weighted by Crippen LogP contribution is -2.24. The van der Waals surface area contributed by atoms with Gasteiger partial charge in [-0.15, -0.1) is 0 Å². The maximum Gasteiger partial charge on any atom is 0.416 e. The van der Waals surface area contributed by atoms with E-state index in [0.717, 1.165) is 17.7 Å². The first-order chi connectivity index (χ1) is 14.8. The van der Waals surface area contributed by atoms with Crippen molar-refractivity contribution in [3.05, 3.63) is 88.1 Å². The maximum absolute atomic E-state index is 13.1. The molecule has 1 amide bonds. The van der Waals surface area contributed by atoms with Gasteiger partial charge in [0.25, 0.3) is 5.91 Å². The highest BCUT2D eigenvalue weighted by Crippen LogP contribution is 2.30. The molecular weight excluding hydrogens is 431 g/mol. The van der Waals surface area contributed by atoms with Crippen molar-refractivity contribution in [2.24, 2.45) is 0 Å². The number of amides is 1. The monoisotopic (exact) mass is 451 g/mol. The third-order valence-electron chi connectivity index (χ3n) is 4.49. The molecule has 0 atom stereocenters. The molecule has 1 aromatic heterocycles. The van der Waals surface area contributed by atoms with Crippen molar-refractivity contribution in [3.8, 4) is 0 Å². The number of halogens is 4. The van der Waals surface area contributed by atoms with E-state index in [1.165, 1.54) is 12.3 Å². The van der Waals surface area contributed by atoms with Crippen LogP contribution in [-0.4, -0.2) is 22.3 Å². The fraction of sp³-hybridized carbons (Fsp3) is 0.273. The van der Waals surface area contributed by atoms with Crippen molar-refractivity contribution < 1.29 is 22.4 Å². The first-order valence-corrected chi connectivity index (χ1v) is 9.98. The Kier molecular flexibility index (Phi) is 7.35. The van der Waals surface area contributed by atoms with Gasteiger partial charge in [-0.3, -0.25) is 9.69 Å². The van der Waals surface area contributed by atoms with Gasteiger partial charge in [0.2, 0.25) is 5.89 Å². The molecule has 1 N–H and O–H groups in total. The smallest absolute Gasteiger partial charge is 0.416 e. The SMILES string of the molecule is CCNC(=O)c1coc(CN(Cc2cccc(C(F)(F)F)c2)Cc2ccccc2Cl)n1. The minimum Gasteiger partial charge on any atom is -0.447 e. The largest absolute Gasteiger partial charge is 0.447 e. The van der Waals surface area contributed by atoms with E-state index in [9.17, 15) is 18.0 Å². The van der Waals surface area contributed by atoms with Crippen LogP contribution in [0.5, 0.6) is 0 Å². The minimum atomic E-state index is -4.42. The van der Waals surface area contributed by atoms with E-state index < -0.39 is 11.7 Å². The van der Waals surface area contributed by atoms with Gasteiger partial charge >= 0.3 is 6.18 Å². The van der Waals surface area contributed by atoms with Crippen LogP contribution < -0.4 is 5.32 Å². The predicted octanol–water partition coefficient (Wildman–Crippen LogP) is 5.30. The molecule has 31 heavy (non-hydrogen) atoms. The van der Waals surface area contributed by atoms with E-state index in [2.05, 4.69) is 10.3 Å². The molecule has 0 radical (unpaired) electrons. The molecule has 0 fully saturated rings. The van der Waals surface area contributed by atoms with Crippen molar-refractivity contribution in [1.29, 1.82) is 0 Å². The molecule has 5 nitrogen and oxygen atoms in total. The lowest BCUT2D eigenvalue weighted by Gasteiger charge is -2.22. The summed E-state index contributed by atoms with van der Waals surface area (Å²) < 4.78 is 44.7. The zero-order valence-corrected chi connectivity index (χ0v) is 17.5. The predicted molar refractivity (Wildman–Crippen MR) is 110 cm³/mol. The van der Waals surface area contributed by atoms with Gasteiger partial charge < -0.3 is 9.73 Å². The maximum atomic E-state index is 13.1. The molecule has 3 rings (SSSR count). The number of oxazole rings is 1.